The predicted octanol–water partition coefficient (Wildman–Crippen LogP) is 2.32. The first-order valence-corrected chi connectivity index (χ1v) is 5.06. The normalized spacial score (nSPS) is 10.0. The Bertz CT molecular complexity index is 572. The molecule has 17 heavy (non-hydrogen) atoms. The Hall–Kier alpha value is -2.23. The molecule has 4 nitrogen and oxygen atoms in total. The van der Waals surface area contributed by atoms with E-state index in [-0.39, 0.29) is 5.43 Å². The maximum atomic E-state index is 11.3. The van der Waals surface area contributed by atoms with Crippen molar-refractivity contribution in [2.24, 2.45) is 0 Å². The van der Waals surface area contributed by atoms with Gasteiger partial charge < -0.3 is 13.9 Å². The summed E-state index contributed by atoms with van der Waals surface area (Å²) in [5.74, 6) is 1.75. The molecular formula is C13H12O4. The fourth-order valence-electron chi connectivity index (χ4n) is 1.53. The SMILES string of the molecule is COc1ccc(OC)c(-c2cc(=O)cco2)c1. The summed E-state index contributed by atoms with van der Waals surface area (Å²) in [5.41, 5.74) is 0.570. The second-order valence-electron chi connectivity index (χ2n) is 3.40. The van der Waals surface area contributed by atoms with E-state index in [1.54, 1.807) is 32.4 Å². The Labute approximate surface area is 98.4 Å². The van der Waals surface area contributed by atoms with Gasteiger partial charge in [0.15, 0.2) is 5.43 Å². The molecule has 1 heterocycles. The zero-order valence-corrected chi connectivity index (χ0v) is 9.60. The standard InChI is InChI=1S/C13H12O4/c1-15-10-3-4-12(16-2)11(8-10)13-7-9(14)5-6-17-13/h3-8H,1-2H3. The van der Waals surface area contributed by atoms with Crippen LogP contribution in [0.5, 0.6) is 11.5 Å². The molecule has 0 amide bonds. The largest absolute Gasteiger partial charge is 0.497 e. The van der Waals surface area contributed by atoms with Gasteiger partial charge in [0.05, 0.1) is 26.0 Å². The summed E-state index contributed by atoms with van der Waals surface area (Å²) in [4.78, 5) is 11.3. The minimum Gasteiger partial charge on any atom is -0.497 e. The summed E-state index contributed by atoms with van der Waals surface area (Å²) in [6.45, 7) is 0. The van der Waals surface area contributed by atoms with E-state index >= 15 is 0 Å². The molecule has 0 aliphatic carbocycles. The maximum Gasteiger partial charge on any atom is 0.185 e. The quantitative estimate of drug-likeness (QED) is 0.814. The van der Waals surface area contributed by atoms with Crippen molar-refractivity contribution in [2.45, 2.75) is 0 Å². The van der Waals surface area contributed by atoms with Crippen LogP contribution < -0.4 is 14.9 Å². The predicted molar refractivity (Wildman–Crippen MR) is 63.5 cm³/mol. The summed E-state index contributed by atoms with van der Waals surface area (Å²) >= 11 is 0. The molecule has 0 radical (unpaired) electrons. The fraction of sp³-hybridized carbons (Fsp3) is 0.154. The van der Waals surface area contributed by atoms with Crippen molar-refractivity contribution in [3.05, 3.63) is 46.8 Å². The van der Waals surface area contributed by atoms with E-state index in [4.69, 9.17) is 13.9 Å². The molecule has 1 aromatic heterocycles. The number of ether oxygens (including phenoxy) is 2. The van der Waals surface area contributed by atoms with Crippen LogP contribution in [0.15, 0.2) is 45.8 Å². The number of rotatable bonds is 3. The van der Waals surface area contributed by atoms with Crippen LogP contribution in [-0.4, -0.2) is 14.2 Å². The molecule has 0 spiro atoms. The van der Waals surface area contributed by atoms with Crippen LogP contribution in [0, 0.1) is 0 Å². The Balaban J connectivity index is 2.59. The summed E-state index contributed by atoms with van der Waals surface area (Å²) in [6.07, 6.45) is 1.36. The maximum absolute atomic E-state index is 11.3. The first-order valence-electron chi connectivity index (χ1n) is 5.06. The summed E-state index contributed by atoms with van der Waals surface area (Å²) in [5, 5.41) is 0. The lowest BCUT2D eigenvalue weighted by Crippen LogP contribution is -1.97. The van der Waals surface area contributed by atoms with Crippen LogP contribution in [-0.2, 0) is 0 Å². The molecule has 0 bridgehead atoms. The molecule has 1 aromatic carbocycles. The molecule has 88 valence electrons. The van der Waals surface area contributed by atoms with Crippen LogP contribution in [0.1, 0.15) is 0 Å². The number of benzene rings is 1. The van der Waals surface area contributed by atoms with Gasteiger partial charge in [-0.3, -0.25) is 4.79 Å². The lowest BCUT2D eigenvalue weighted by Gasteiger charge is -2.09. The molecule has 0 aliphatic heterocycles. The molecule has 0 unspecified atom stereocenters. The smallest absolute Gasteiger partial charge is 0.185 e. The zero-order chi connectivity index (χ0) is 12.3. The lowest BCUT2D eigenvalue weighted by atomic mass is 10.1. The van der Waals surface area contributed by atoms with Crippen molar-refractivity contribution in [1.29, 1.82) is 0 Å². The molecular weight excluding hydrogens is 220 g/mol. The third-order valence-electron chi connectivity index (χ3n) is 2.37. The van der Waals surface area contributed by atoms with Crippen molar-refractivity contribution in [3.8, 4) is 22.8 Å². The second kappa shape index (κ2) is 4.74. The molecule has 0 saturated heterocycles. The van der Waals surface area contributed by atoms with Crippen molar-refractivity contribution in [2.75, 3.05) is 14.2 Å². The first-order chi connectivity index (χ1) is 8.24. The van der Waals surface area contributed by atoms with Crippen molar-refractivity contribution in [3.63, 3.8) is 0 Å². The van der Waals surface area contributed by atoms with Gasteiger partial charge >= 0.3 is 0 Å². The summed E-state index contributed by atoms with van der Waals surface area (Å²) in [6, 6.07) is 8.08. The molecule has 0 atom stereocenters. The number of hydrogen-bond acceptors (Lipinski definition) is 4. The van der Waals surface area contributed by atoms with Gasteiger partial charge in [0.1, 0.15) is 17.3 Å². The average Bonchev–Trinajstić information content (AvgIpc) is 2.38. The zero-order valence-electron chi connectivity index (χ0n) is 9.60. The first kappa shape index (κ1) is 11.3. The van der Waals surface area contributed by atoms with Crippen molar-refractivity contribution >= 4 is 0 Å². The highest BCUT2D eigenvalue weighted by molar-refractivity contribution is 5.67. The van der Waals surface area contributed by atoms with Crippen LogP contribution >= 0.6 is 0 Å². The third-order valence-corrected chi connectivity index (χ3v) is 2.37. The topological polar surface area (TPSA) is 48.7 Å². The van der Waals surface area contributed by atoms with E-state index < -0.39 is 0 Å². The molecule has 2 aromatic rings. The Morgan fingerprint density at radius 2 is 1.88 bits per heavy atom. The van der Waals surface area contributed by atoms with E-state index in [9.17, 15) is 4.79 Å². The Kier molecular flexibility index (Phi) is 3.14. The molecule has 0 N–H and O–H groups in total. The molecule has 4 heteroatoms. The highest BCUT2D eigenvalue weighted by atomic mass is 16.5. The number of methoxy groups -OCH3 is 2. The van der Waals surface area contributed by atoms with Gasteiger partial charge in [-0.15, -0.1) is 0 Å². The van der Waals surface area contributed by atoms with Crippen molar-refractivity contribution in [1.82, 2.24) is 0 Å². The fourth-order valence-corrected chi connectivity index (χ4v) is 1.53. The van der Waals surface area contributed by atoms with E-state index in [2.05, 4.69) is 0 Å². The molecule has 2 rings (SSSR count). The van der Waals surface area contributed by atoms with Gasteiger partial charge in [0, 0.05) is 12.1 Å². The van der Waals surface area contributed by atoms with E-state index in [0.717, 1.165) is 0 Å². The minimum atomic E-state index is -0.115. The van der Waals surface area contributed by atoms with Crippen LogP contribution in [0.25, 0.3) is 11.3 Å². The van der Waals surface area contributed by atoms with E-state index in [1.165, 1.54) is 18.4 Å². The highest BCUT2D eigenvalue weighted by Crippen LogP contribution is 2.32. The third kappa shape index (κ3) is 2.30. The highest BCUT2D eigenvalue weighted by Gasteiger charge is 2.09. The molecule has 0 saturated carbocycles. The summed E-state index contributed by atoms with van der Waals surface area (Å²) < 4.78 is 15.7. The van der Waals surface area contributed by atoms with Crippen LogP contribution in [0.3, 0.4) is 0 Å². The monoisotopic (exact) mass is 232 g/mol. The van der Waals surface area contributed by atoms with Gasteiger partial charge in [0.25, 0.3) is 0 Å². The van der Waals surface area contributed by atoms with Crippen LogP contribution in [0.4, 0.5) is 0 Å². The van der Waals surface area contributed by atoms with E-state index in [1.807, 2.05) is 0 Å². The van der Waals surface area contributed by atoms with Gasteiger partial charge in [-0.2, -0.15) is 0 Å². The second-order valence-corrected chi connectivity index (χ2v) is 3.40. The van der Waals surface area contributed by atoms with Gasteiger partial charge in [-0.1, -0.05) is 0 Å². The van der Waals surface area contributed by atoms with Gasteiger partial charge in [-0.25, -0.2) is 0 Å². The molecule has 0 aliphatic rings. The van der Waals surface area contributed by atoms with E-state index in [0.29, 0.717) is 22.8 Å². The average molecular weight is 232 g/mol. The molecule has 0 fully saturated rings. The van der Waals surface area contributed by atoms with Gasteiger partial charge in [0.2, 0.25) is 0 Å². The van der Waals surface area contributed by atoms with Crippen molar-refractivity contribution < 1.29 is 13.9 Å². The van der Waals surface area contributed by atoms with Crippen LogP contribution in [0.2, 0.25) is 0 Å². The minimum absolute atomic E-state index is 0.115. The number of hydrogen-bond donors (Lipinski definition) is 0. The Morgan fingerprint density at radius 3 is 2.53 bits per heavy atom. The lowest BCUT2D eigenvalue weighted by molar-refractivity contribution is 0.403. The Morgan fingerprint density at radius 1 is 1.06 bits per heavy atom. The van der Waals surface area contributed by atoms with Gasteiger partial charge in [-0.05, 0) is 18.2 Å². The summed E-state index contributed by atoms with van der Waals surface area (Å²) in [7, 11) is 3.14.